The zero-order valence-corrected chi connectivity index (χ0v) is 20.3. The number of hydrazone groups is 1. The molecule has 3 rings (SSSR count). The number of carbonyl (C=O) groups is 1. The predicted molar refractivity (Wildman–Crippen MR) is 130 cm³/mol. The van der Waals surface area contributed by atoms with Crippen LogP contribution in [0.5, 0.6) is 11.5 Å². The first kappa shape index (κ1) is 25.9. The minimum absolute atomic E-state index is 0.0952. The minimum atomic E-state index is -4.29. The molecule has 3 aromatic rings. The normalized spacial score (nSPS) is 11.3. The topological polar surface area (TPSA) is 137 Å². The van der Waals surface area contributed by atoms with Gasteiger partial charge in [-0.05, 0) is 61.0 Å². The van der Waals surface area contributed by atoms with Crippen LogP contribution in [0.15, 0.2) is 70.7 Å². The second kappa shape index (κ2) is 11.2. The third kappa shape index (κ3) is 6.69. The van der Waals surface area contributed by atoms with Gasteiger partial charge in [-0.25, -0.2) is 5.43 Å². The average molecular weight is 538 g/mol. The van der Waals surface area contributed by atoms with E-state index in [0.29, 0.717) is 10.6 Å². The quantitative estimate of drug-likeness (QED) is 0.178. The smallest absolute Gasteiger partial charge is 0.339 e. The molecule has 0 aliphatic carbocycles. The molecule has 0 heterocycles. The Balaban J connectivity index is 1.75. The summed E-state index contributed by atoms with van der Waals surface area (Å²) < 4.78 is 35.9. The average Bonchev–Trinajstić information content (AvgIpc) is 2.82. The van der Waals surface area contributed by atoms with E-state index in [0.717, 1.165) is 24.3 Å². The van der Waals surface area contributed by atoms with Crippen molar-refractivity contribution in [1.29, 1.82) is 0 Å². The summed E-state index contributed by atoms with van der Waals surface area (Å²) >= 11 is 11.7. The highest BCUT2D eigenvalue weighted by molar-refractivity contribution is 7.87. The van der Waals surface area contributed by atoms with Crippen molar-refractivity contribution < 1.29 is 27.1 Å². The second-order valence-electron chi connectivity index (χ2n) is 6.76. The van der Waals surface area contributed by atoms with Crippen molar-refractivity contribution >= 4 is 51.1 Å². The van der Waals surface area contributed by atoms with E-state index in [4.69, 9.17) is 32.1 Å². The van der Waals surface area contributed by atoms with Gasteiger partial charge in [0.15, 0.2) is 11.5 Å². The number of benzene rings is 3. The minimum Gasteiger partial charge on any atom is -0.490 e. The van der Waals surface area contributed by atoms with Gasteiger partial charge >= 0.3 is 10.1 Å². The van der Waals surface area contributed by atoms with Crippen LogP contribution in [0.25, 0.3) is 0 Å². The molecule has 1 amide bonds. The zero-order valence-electron chi connectivity index (χ0n) is 18.0. The molecule has 13 heteroatoms. The van der Waals surface area contributed by atoms with Crippen molar-refractivity contribution in [3.63, 3.8) is 0 Å². The van der Waals surface area contributed by atoms with E-state index in [1.165, 1.54) is 42.6 Å². The molecular weight excluding hydrogens is 521 g/mol. The Bertz CT molecular complexity index is 1390. The van der Waals surface area contributed by atoms with E-state index in [1.807, 2.05) is 0 Å². The number of carbonyl (C=O) groups excluding carboxylic acids is 1. The summed E-state index contributed by atoms with van der Waals surface area (Å²) in [6.45, 7) is 1.91. The van der Waals surface area contributed by atoms with Crippen molar-refractivity contribution in [3.8, 4) is 11.5 Å². The maximum absolute atomic E-state index is 12.6. The molecule has 0 unspecified atom stereocenters. The maximum atomic E-state index is 12.6. The first-order valence-electron chi connectivity index (χ1n) is 9.85. The fourth-order valence-electron chi connectivity index (χ4n) is 2.71. The summed E-state index contributed by atoms with van der Waals surface area (Å²) in [6.07, 6.45) is 1.33. The molecule has 10 nitrogen and oxygen atoms in total. The molecule has 182 valence electrons. The standard InChI is InChI=1S/C22H17Cl2N3O7S/c1-2-33-21-11-14(13-25-26-22(28)15-4-9-18(23)19(24)12-15)3-10-20(21)34-35(31,32)17-7-5-16(6-8-17)27(29)30/h3-13H,2H2,1H3,(H,26,28)/b25-13-. The SMILES string of the molecule is CCOc1cc(/C=N\NC(=O)c2ccc(Cl)c(Cl)c2)ccc1OS(=O)(=O)c1ccc([N+](=O)[O-])cc1. The molecule has 0 fully saturated rings. The lowest BCUT2D eigenvalue weighted by Gasteiger charge is -2.12. The van der Waals surface area contributed by atoms with Gasteiger partial charge in [-0.2, -0.15) is 13.5 Å². The Morgan fingerprint density at radius 2 is 1.77 bits per heavy atom. The second-order valence-corrected chi connectivity index (χ2v) is 9.12. The summed E-state index contributed by atoms with van der Waals surface area (Å²) in [5.74, 6) is -0.501. The van der Waals surface area contributed by atoms with Gasteiger partial charge in [0.05, 0.1) is 27.8 Å². The van der Waals surface area contributed by atoms with Gasteiger partial charge in [-0.1, -0.05) is 23.2 Å². The Labute approximate surface area is 210 Å². The van der Waals surface area contributed by atoms with Crippen LogP contribution >= 0.6 is 23.2 Å². The zero-order chi connectivity index (χ0) is 25.6. The number of ether oxygens (including phenoxy) is 1. The molecule has 0 atom stereocenters. The van der Waals surface area contributed by atoms with Crippen molar-refractivity contribution in [3.05, 3.63) is 92.0 Å². The van der Waals surface area contributed by atoms with E-state index in [-0.39, 0.29) is 39.3 Å². The molecule has 0 aliphatic rings. The number of nitrogens with one attached hydrogen (secondary N) is 1. The van der Waals surface area contributed by atoms with Crippen molar-refractivity contribution in [2.45, 2.75) is 11.8 Å². The highest BCUT2D eigenvalue weighted by atomic mass is 35.5. The van der Waals surface area contributed by atoms with Gasteiger partial charge in [0.25, 0.3) is 11.6 Å². The van der Waals surface area contributed by atoms with Crippen molar-refractivity contribution in [2.75, 3.05) is 6.61 Å². The molecule has 0 saturated carbocycles. The van der Waals surface area contributed by atoms with Gasteiger partial charge in [-0.15, -0.1) is 0 Å². The molecule has 0 aliphatic heterocycles. The Kier molecular flexibility index (Phi) is 8.28. The largest absolute Gasteiger partial charge is 0.490 e. The molecular formula is C22H17Cl2N3O7S. The maximum Gasteiger partial charge on any atom is 0.339 e. The highest BCUT2D eigenvalue weighted by Gasteiger charge is 2.20. The molecule has 3 aromatic carbocycles. The van der Waals surface area contributed by atoms with Crippen molar-refractivity contribution in [1.82, 2.24) is 5.43 Å². The molecule has 1 N–H and O–H groups in total. The van der Waals surface area contributed by atoms with Gasteiger partial charge in [0, 0.05) is 17.7 Å². The van der Waals surface area contributed by atoms with E-state index >= 15 is 0 Å². The highest BCUT2D eigenvalue weighted by Crippen LogP contribution is 2.31. The van der Waals surface area contributed by atoms with Crippen LogP contribution in [-0.4, -0.2) is 32.1 Å². The van der Waals surface area contributed by atoms with Gasteiger partial charge in [0.1, 0.15) is 4.90 Å². The lowest BCUT2D eigenvalue weighted by atomic mass is 10.2. The van der Waals surface area contributed by atoms with E-state index < -0.39 is 20.9 Å². The summed E-state index contributed by atoms with van der Waals surface area (Å²) in [7, 11) is -4.29. The van der Waals surface area contributed by atoms with Crippen LogP contribution in [0.1, 0.15) is 22.8 Å². The van der Waals surface area contributed by atoms with Gasteiger partial charge in [-0.3, -0.25) is 14.9 Å². The number of amides is 1. The number of nitrogens with zero attached hydrogens (tertiary/aromatic N) is 2. The van der Waals surface area contributed by atoms with Gasteiger partial charge < -0.3 is 8.92 Å². The van der Waals surface area contributed by atoms with Crippen LogP contribution in [0, 0.1) is 10.1 Å². The molecule has 35 heavy (non-hydrogen) atoms. The Hall–Kier alpha value is -3.67. The molecule has 0 radical (unpaired) electrons. The summed E-state index contributed by atoms with van der Waals surface area (Å²) in [6, 6.07) is 13.0. The number of nitro benzene ring substituents is 1. The number of nitro groups is 1. The summed E-state index contributed by atoms with van der Waals surface area (Å²) in [5.41, 5.74) is 2.82. The first-order chi connectivity index (χ1) is 16.6. The summed E-state index contributed by atoms with van der Waals surface area (Å²) in [5, 5.41) is 15.2. The summed E-state index contributed by atoms with van der Waals surface area (Å²) in [4.78, 5) is 22.1. The van der Waals surface area contributed by atoms with Crippen LogP contribution in [0.2, 0.25) is 10.0 Å². The van der Waals surface area contributed by atoms with Crippen molar-refractivity contribution in [2.24, 2.45) is 5.10 Å². The Morgan fingerprint density at radius 3 is 2.40 bits per heavy atom. The predicted octanol–water partition coefficient (Wildman–Crippen LogP) is 4.83. The van der Waals surface area contributed by atoms with E-state index in [9.17, 15) is 23.3 Å². The Morgan fingerprint density at radius 1 is 1.06 bits per heavy atom. The van der Waals surface area contributed by atoms with Crippen LogP contribution in [-0.2, 0) is 10.1 Å². The fraction of sp³-hybridized carbons (Fsp3) is 0.0909. The monoisotopic (exact) mass is 537 g/mol. The van der Waals surface area contributed by atoms with Crippen LogP contribution in [0.3, 0.4) is 0 Å². The number of hydrogen-bond acceptors (Lipinski definition) is 8. The molecule has 0 spiro atoms. The number of non-ortho nitro benzene ring substituents is 1. The third-order valence-electron chi connectivity index (χ3n) is 4.36. The number of rotatable bonds is 9. The molecule has 0 saturated heterocycles. The van der Waals surface area contributed by atoms with Gasteiger partial charge in [0.2, 0.25) is 0 Å². The van der Waals surface area contributed by atoms with E-state index in [2.05, 4.69) is 10.5 Å². The third-order valence-corrected chi connectivity index (χ3v) is 6.35. The first-order valence-corrected chi connectivity index (χ1v) is 12.0. The lowest BCUT2D eigenvalue weighted by Crippen LogP contribution is -2.17. The number of halogens is 2. The number of hydrogen-bond donors (Lipinski definition) is 1. The lowest BCUT2D eigenvalue weighted by molar-refractivity contribution is -0.384. The molecule has 0 bridgehead atoms. The fourth-order valence-corrected chi connectivity index (χ4v) is 3.95. The van der Waals surface area contributed by atoms with E-state index in [1.54, 1.807) is 6.92 Å². The van der Waals surface area contributed by atoms with Crippen LogP contribution < -0.4 is 14.3 Å². The molecule has 0 aromatic heterocycles. The van der Waals surface area contributed by atoms with Crippen LogP contribution in [0.4, 0.5) is 5.69 Å².